The Morgan fingerprint density at radius 2 is 1.63 bits per heavy atom. The fourth-order valence-corrected chi connectivity index (χ4v) is 4.37. The van der Waals surface area contributed by atoms with Crippen molar-refractivity contribution in [3.05, 3.63) is 30.0 Å². The van der Waals surface area contributed by atoms with E-state index < -0.39 is 27.0 Å². The average molecular weight is 638 g/mol. The van der Waals surface area contributed by atoms with Crippen molar-refractivity contribution in [2.24, 2.45) is 0 Å². The fraction of sp³-hybridized carbons (Fsp3) is 0.417. The second kappa shape index (κ2) is 16.2. The summed E-state index contributed by atoms with van der Waals surface area (Å²) in [6, 6.07) is 3.22. The predicted molar refractivity (Wildman–Crippen MR) is 161 cm³/mol. The van der Waals surface area contributed by atoms with Gasteiger partial charge in [-0.15, -0.1) is 0 Å². The van der Waals surface area contributed by atoms with Crippen molar-refractivity contribution in [2.45, 2.75) is 37.0 Å². The van der Waals surface area contributed by atoms with Crippen LogP contribution in [0.25, 0.3) is 0 Å². The summed E-state index contributed by atoms with van der Waals surface area (Å²) in [5, 5.41) is 8.53. The van der Waals surface area contributed by atoms with Crippen LogP contribution in [0, 0.1) is 0 Å². The van der Waals surface area contributed by atoms with Gasteiger partial charge in [0.15, 0.2) is 10.2 Å². The van der Waals surface area contributed by atoms with Crippen molar-refractivity contribution in [3.63, 3.8) is 0 Å². The molecule has 3 aromatic heterocycles. The lowest BCUT2D eigenvalue weighted by atomic mass is 10.2. The quantitative estimate of drug-likeness (QED) is 0.221. The highest BCUT2D eigenvalue weighted by atomic mass is 32.2. The molecule has 3 heterocycles. The highest BCUT2D eigenvalue weighted by Crippen LogP contribution is 2.18. The summed E-state index contributed by atoms with van der Waals surface area (Å²) in [5.41, 5.74) is -0.188. The van der Waals surface area contributed by atoms with Crippen molar-refractivity contribution in [3.8, 4) is 11.8 Å². The Balaban J connectivity index is 0.000000362. The number of pyridine rings is 1. The zero-order chi connectivity index (χ0) is 32.2. The van der Waals surface area contributed by atoms with Crippen LogP contribution in [0.1, 0.15) is 31.1 Å². The molecule has 0 unspecified atom stereocenters. The molecule has 3 rings (SSSR count). The molecule has 43 heavy (non-hydrogen) atoms. The number of carbonyl (C=O) groups excluding carboxylic acids is 2. The molecule has 0 bridgehead atoms. The highest BCUT2D eigenvalue weighted by molar-refractivity contribution is 7.98. The van der Waals surface area contributed by atoms with Crippen LogP contribution >= 0.6 is 11.8 Å². The summed E-state index contributed by atoms with van der Waals surface area (Å²) < 4.78 is 36.7. The molecule has 0 spiro atoms. The van der Waals surface area contributed by atoms with Crippen molar-refractivity contribution in [1.82, 2.24) is 39.5 Å². The van der Waals surface area contributed by atoms with Crippen LogP contribution in [0.2, 0.25) is 0 Å². The van der Waals surface area contributed by atoms with Gasteiger partial charge in [-0.05, 0) is 39.2 Å². The van der Waals surface area contributed by atoms with Crippen LogP contribution < -0.4 is 30.1 Å². The monoisotopic (exact) mass is 637 g/mol. The average Bonchev–Trinajstić information content (AvgIpc) is 2.96. The molecule has 19 heteroatoms. The summed E-state index contributed by atoms with van der Waals surface area (Å²) in [7, 11) is 1.15. The molecule has 0 aliphatic heterocycles. The van der Waals surface area contributed by atoms with E-state index in [9.17, 15) is 18.0 Å². The molecular weight excluding hydrogens is 602 g/mol. The van der Waals surface area contributed by atoms with Crippen LogP contribution in [-0.4, -0.2) is 102 Å². The number of hydrogen-bond donors (Lipinski definition) is 4. The number of ether oxygens (including phenoxy) is 2. The van der Waals surface area contributed by atoms with Gasteiger partial charge in [-0.2, -0.15) is 33.3 Å². The Kier molecular flexibility index (Phi) is 13.1. The number of urea groups is 1. The molecule has 234 valence electrons. The summed E-state index contributed by atoms with van der Waals surface area (Å²) in [6.45, 7) is 6.92. The second-order valence-corrected chi connectivity index (χ2v) is 11.1. The van der Waals surface area contributed by atoms with Crippen LogP contribution in [0.5, 0.6) is 11.8 Å². The van der Waals surface area contributed by atoms with Crippen LogP contribution in [0.3, 0.4) is 0 Å². The molecule has 3 aromatic rings. The number of thioether (sulfide) groups is 1. The minimum Gasteiger partial charge on any atom is -0.481 e. The van der Waals surface area contributed by atoms with E-state index in [0.29, 0.717) is 17.9 Å². The minimum atomic E-state index is -4.46. The minimum absolute atomic E-state index is 0.0913. The fourth-order valence-electron chi connectivity index (χ4n) is 2.98. The number of amides is 3. The third-order valence-electron chi connectivity index (χ3n) is 4.76. The maximum atomic E-state index is 12.5. The summed E-state index contributed by atoms with van der Waals surface area (Å²) in [5.74, 6) is 0.590. The Hall–Kier alpha value is -4.52. The molecule has 0 aromatic carbocycles. The van der Waals surface area contributed by atoms with Gasteiger partial charge in [0.05, 0.1) is 25.8 Å². The highest BCUT2D eigenvalue weighted by Gasteiger charge is 2.27. The van der Waals surface area contributed by atoms with Gasteiger partial charge in [-0.1, -0.05) is 11.8 Å². The summed E-state index contributed by atoms with van der Waals surface area (Å²) in [4.78, 5) is 49.7. The number of nitrogens with one attached hydrogen (secondary N) is 4. The third-order valence-corrected chi connectivity index (χ3v) is 6.60. The number of sulfonamides is 1. The molecule has 0 aliphatic carbocycles. The Morgan fingerprint density at radius 1 is 1.00 bits per heavy atom. The van der Waals surface area contributed by atoms with Gasteiger partial charge in [0.25, 0.3) is 15.9 Å². The summed E-state index contributed by atoms with van der Waals surface area (Å²) >= 11 is 1.51. The van der Waals surface area contributed by atoms with E-state index in [-0.39, 0.29) is 23.3 Å². The molecule has 0 atom stereocenters. The van der Waals surface area contributed by atoms with Crippen LogP contribution in [0.15, 0.2) is 34.6 Å². The standard InChI is InChI=1S/C15H18N6O6S.C9H17N5S/c1-21(2)13(22)9-6-5-7-16-12(9)28(24,25)20-15(23)19-14-17-10(26-3)8-11(18-14)27-4;1-5-10-7-12-8(11-6(2)3)14-9(13-7)15-4/h5-8H,1-4H3,(H2,17,18,19,20,23);6H,5H2,1-4H3,(H2,10,11,12,13,14). The van der Waals surface area contributed by atoms with E-state index in [1.165, 1.54) is 69.4 Å². The number of rotatable bonds is 11. The Labute approximate surface area is 254 Å². The molecular formula is C24H35N11O6S2. The van der Waals surface area contributed by atoms with Gasteiger partial charge in [-0.3, -0.25) is 10.1 Å². The number of anilines is 3. The first kappa shape index (κ1) is 34.7. The first-order valence-corrected chi connectivity index (χ1v) is 15.3. The second-order valence-electron chi connectivity index (χ2n) is 8.69. The predicted octanol–water partition coefficient (Wildman–Crippen LogP) is 1.95. The lowest BCUT2D eigenvalue weighted by Gasteiger charge is -2.14. The number of hydrogen-bond acceptors (Lipinski definition) is 15. The zero-order valence-corrected chi connectivity index (χ0v) is 26.6. The van der Waals surface area contributed by atoms with Crippen LogP contribution in [0.4, 0.5) is 22.6 Å². The van der Waals surface area contributed by atoms with E-state index in [1.807, 2.05) is 13.2 Å². The topological polar surface area (TPSA) is 215 Å². The number of carbonyl (C=O) groups is 2. The van der Waals surface area contributed by atoms with Gasteiger partial charge >= 0.3 is 6.03 Å². The normalized spacial score (nSPS) is 10.6. The van der Waals surface area contributed by atoms with E-state index in [0.717, 1.165) is 11.7 Å². The zero-order valence-electron chi connectivity index (χ0n) is 25.0. The van der Waals surface area contributed by atoms with E-state index in [1.54, 1.807) is 4.72 Å². The van der Waals surface area contributed by atoms with Crippen molar-refractivity contribution >= 4 is 51.6 Å². The van der Waals surface area contributed by atoms with Gasteiger partial charge < -0.3 is 25.0 Å². The third kappa shape index (κ3) is 10.7. The van der Waals surface area contributed by atoms with E-state index in [2.05, 4.69) is 59.7 Å². The molecule has 0 aliphatic rings. The molecule has 17 nitrogen and oxygen atoms in total. The van der Waals surface area contributed by atoms with Crippen LogP contribution in [-0.2, 0) is 10.0 Å². The van der Waals surface area contributed by atoms with Crippen molar-refractivity contribution in [2.75, 3.05) is 57.1 Å². The van der Waals surface area contributed by atoms with E-state index >= 15 is 0 Å². The Morgan fingerprint density at radius 3 is 2.16 bits per heavy atom. The smallest absolute Gasteiger partial charge is 0.335 e. The van der Waals surface area contributed by atoms with Crippen molar-refractivity contribution < 1.29 is 27.5 Å². The lowest BCUT2D eigenvalue weighted by molar-refractivity contribution is 0.0823. The van der Waals surface area contributed by atoms with E-state index in [4.69, 9.17) is 9.47 Å². The van der Waals surface area contributed by atoms with Gasteiger partial charge in [0.2, 0.25) is 29.6 Å². The van der Waals surface area contributed by atoms with Gasteiger partial charge in [0, 0.05) is 32.9 Å². The maximum Gasteiger partial charge on any atom is 0.335 e. The molecule has 0 fully saturated rings. The molecule has 3 amide bonds. The maximum absolute atomic E-state index is 12.5. The molecule has 4 N–H and O–H groups in total. The number of nitrogens with zero attached hydrogens (tertiary/aromatic N) is 7. The van der Waals surface area contributed by atoms with Crippen molar-refractivity contribution in [1.29, 1.82) is 0 Å². The molecule has 0 saturated carbocycles. The number of aromatic nitrogens is 6. The summed E-state index contributed by atoms with van der Waals surface area (Å²) in [6.07, 6.45) is 3.14. The largest absolute Gasteiger partial charge is 0.481 e. The SMILES string of the molecule is CCNc1nc(NC(C)C)nc(SC)n1.COc1cc(OC)nc(NC(=O)NS(=O)(=O)c2ncccc2C(=O)N(C)C)n1. The molecule has 0 saturated heterocycles. The van der Waals surface area contributed by atoms with Gasteiger partial charge in [-0.25, -0.2) is 14.5 Å². The number of methoxy groups -OCH3 is 2. The Bertz CT molecular complexity index is 1480. The lowest BCUT2D eigenvalue weighted by Crippen LogP contribution is -2.36. The first-order valence-electron chi connectivity index (χ1n) is 12.6. The first-order chi connectivity index (χ1) is 20.3. The molecule has 0 radical (unpaired) electrons. The van der Waals surface area contributed by atoms with Gasteiger partial charge in [0.1, 0.15) is 0 Å².